The van der Waals surface area contributed by atoms with Crippen LogP contribution in [0.1, 0.15) is 54.6 Å². The Bertz CT molecular complexity index is 531. The number of amides is 1. The van der Waals surface area contributed by atoms with Crippen molar-refractivity contribution in [3.63, 3.8) is 0 Å². The molecule has 1 fully saturated rings. The van der Waals surface area contributed by atoms with Crippen LogP contribution < -0.4 is 5.32 Å². The first-order chi connectivity index (χ1) is 10.5. The number of aliphatic hydroxyl groups excluding tert-OH is 1. The lowest BCUT2D eigenvalue weighted by Gasteiger charge is -2.30. The van der Waals surface area contributed by atoms with Crippen molar-refractivity contribution >= 4 is 29.1 Å². The lowest BCUT2D eigenvalue weighted by atomic mass is 9.82. The molecule has 1 unspecified atom stereocenters. The summed E-state index contributed by atoms with van der Waals surface area (Å²) in [5.74, 6) is 0.140. The van der Waals surface area contributed by atoms with Crippen LogP contribution in [-0.4, -0.2) is 28.6 Å². The lowest BCUT2D eigenvalue weighted by Crippen LogP contribution is -2.41. The fraction of sp³-hybridized carbons (Fsp3) is 0.625. The van der Waals surface area contributed by atoms with E-state index in [1.165, 1.54) is 25.5 Å². The van der Waals surface area contributed by atoms with Crippen molar-refractivity contribution in [2.45, 2.75) is 51.5 Å². The van der Waals surface area contributed by atoms with Gasteiger partial charge in [0.2, 0.25) is 0 Å². The van der Waals surface area contributed by atoms with Crippen molar-refractivity contribution in [2.24, 2.45) is 5.92 Å². The quantitative estimate of drug-likeness (QED) is 0.854. The van der Waals surface area contributed by atoms with Gasteiger partial charge in [-0.3, -0.25) is 9.78 Å². The molecule has 2 rings (SSSR count). The summed E-state index contributed by atoms with van der Waals surface area (Å²) < 4.78 is 0. The number of rotatable bonds is 5. The third kappa shape index (κ3) is 4.12. The summed E-state index contributed by atoms with van der Waals surface area (Å²) in [6.45, 7) is 1.80. The minimum Gasteiger partial charge on any atom is -0.396 e. The molecule has 1 aromatic heterocycles. The van der Waals surface area contributed by atoms with Gasteiger partial charge in [-0.2, -0.15) is 0 Å². The van der Waals surface area contributed by atoms with E-state index in [0.717, 1.165) is 12.8 Å². The highest BCUT2D eigenvalue weighted by Crippen LogP contribution is 2.30. The zero-order valence-corrected chi connectivity index (χ0v) is 14.3. The SMILES string of the molecule is Cc1ncc(C(=O)NC(CCO)C2CCCCC2)c(Cl)c1Cl. The summed E-state index contributed by atoms with van der Waals surface area (Å²) in [5, 5.41) is 12.8. The standard InChI is InChI=1S/C16H22Cl2N2O2/c1-10-14(17)15(18)12(9-19-10)16(22)20-13(7-8-21)11-5-3-2-4-6-11/h9,11,13,21H,2-8H2,1H3,(H,20,22). The molecule has 122 valence electrons. The second-order valence-corrected chi connectivity index (χ2v) is 6.63. The van der Waals surface area contributed by atoms with Gasteiger partial charge in [0.25, 0.3) is 5.91 Å². The first-order valence-electron chi connectivity index (χ1n) is 7.77. The molecule has 0 bridgehead atoms. The van der Waals surface area contributed by atoms with E-state index in [1.807, 2.05) is 0 Å². The van der Waals surface area contributed by atoms with Gasteiger partial charge in [0.05, 0.1) is 21.3 Å². The Hall–Kier alpha value is -0.840. The van der Waals surface area contributed by atoms with Gasteiger partial charge in [0.1, 0.15) is 0 Å². The van der Waals surface area contributed by atoms with Crippen molar-refractivity contribution in [1.29, 1.82) is 0 Å². The van der Waals surface area contributed by atoms with Crippen LogP contribution in [-0.2, 0) is 0 Å². The number of aromatic nitrogens is 1. The smallest absolute Gasteiger partial charge is 0.254 e. The molecule has 0 aromatic carbocycles. The van der Waals surface area contributed by atoms with Crippen LogP contribution >= 0.6 is 23.2 Å². The number of aryl methyl sites for hydroxylation is 1. The number of aliphatic hydroxyl groups is 1. The zero-order valence-electron chi connectivity index (χ0n) is 12.7. The zero-order chi connectivity index (χ0) is 16.1. The Kier molecular flexibility index (Phi) is 6.48. The molecule has 0 spiro atoms. The van der Waals surface area contributed by atoms with E-state index in [2.05, 4.69) is 10.3 Å². The molecule has 1 aliphatic carbocycles. The fourth-order valence-electron chi connectivity index (χ4n) is 3.06. The van der Waals surface area contributed by atoms with E-state index in [4.69, 9.17) is 23.2 Å². The normalized spacial score (nSPS) is 17.3. The van der Waals surface area contributed by atoms with E-state index in [9.17, 15) is 9.90 Å². The summed E-state index contributed by atoms with van der Waals surface area (Å²) in [5.41, 5.74) is 0.887. The minimum atomic E-state index is -0.275. The number of hydrogen-bond acceptors (Lipinski definition) is 3. The molecule has 4 nitrogen and oxygen atoms in total. The number of carbonyl (C=O) groups excluding carboxylic acids is 1. The molecule has 1 atom stereocenters. The highest BCUT2D eigenvalue weighted by molar-refractivity contribution is 6.44. The van der Waals surface area contributed by atoms with E-state index in [0.29, 0.717) is 23.1 Å². The van der Waals surface area contributed by atoms with Gasteiger partial charge >= 0.3 is 0 Å². The summed E-state index contributed by atoms with van der Waals surface area (Å²) >= 11 is 12.2. The Balaban J connectivity index is 2.12. The van der Waals surface area contributed by atoms with Crippen LogP contribution in [0.2, 0.25) is 10.0 Å². The predicted octanol–water partition coefficient (Wildman–Crippen LogP) is 3.76. The molecule has 0 saturated heterocycles. The Morgan fingerprint density at radius 2 is 2.05 bits per heavy atom. The van der Waals surface area contributed by atoms with Crippen molar-refractivity contribution in [1.82, 2.24) is 10.3 Å². The fourth-order valence-corrected chi connectivity index (χ4v) is 3.48. The summed E-state index contributed by atoms with van der Waals surface area (Å²) in [4.78, 5) is 16.6. The third-order valence-corrected chi connectivity index (χ3v) is 5.31. The molecular weight excluding hydrogens is 323 g/mol. The summed E-state index contributed by atoms with van der Waals surface area (Å²) in [6, 6.07) is -0.0334. The summed E-state index contributed by atoms with van der Waals surface area (Å²) in [6.07, 6.45) is 7.80. The van der Waals surface area contributed by atoms with Gasteiger partial charge in [-0.25, -0.2) is 0 Å². The minimum absolute atomic E-state index is 0.0334. The van der Waals surface area contributed by atoms with Crippen LogP contribution in [0.3, 0.4) is 0 Å². The van der Waals surface area contributed by atoms with Crippen LogP contribution in [0.4, 0.5) is 0 Å². The summed E-state index contributed by atoms with van der Waals surface area (Å²) in [7, 11) is 0. The van der Waals surface area contributed by atoms with Gasteiger partial charge < -0.3 is 10.4 Å². The van der Waals surface area contributed by atoms with Crippen molar-refractivity contribution in [3.8, 4) is 0 Å². The van der Waals surface area contributed by atoms with Gasteiger partial charge in [0, 0.05) is 18.8 Å². The Labute approximate surface area is 141 Å². The number of nitrogens with one attached hydrogen (secondary N) is 1. The van der Waals surface area contributed by atoms with E-state index >= 15 is 0 Å². The number of hydrogen-bond donors (Lipinski definition) is 2. The van der Waals surface area contributed by atoms with Crippen LogP contribution in [0.15, 0.2) is 6.20 Å². The number of halogens is 2. The predicted molar refractivity (Wildman–Crippen MR) is 88.5 cm³/mol. The molecule has 1 saturated carbocycles. The Morgan fingerprint density at radius 1 is 1.36 bits per heavy atom. The average Bonchev–Trinajstić information content (AvgIpc) is 2.53. The molecule has 1 heterocycles. The number of pyridine rings is 1. The maximum Gasteiger partial charge on any atom is 0.254 e. The lowest BCUT2D eigenvalue weighted by molar-refractivity contribution is 0.0899. The molecule has 1 aromatic rings. The maximum absolute atomic E-state index is 12.5. The third-order valence-electron chi connectivity index (χ3n) is 4.35. The highest BCUT2D eigenvalue weighted by atomic mass is 35.5. The molecule has 0 aliphatic heterocycles. The molecule has 1 amide bonds. The second-order valence-electron chi connectivity index (χ2n) is 5.88. The van der Waals surface area contributed by atoms with Crippen molar-refractivity contribution in [3.05, 3.63) is 27.5 Å². The van der Waals surface area contributed by atoms with Crippen LogP contribution in [0, 0.1) is 12.8 Å². The monoisotopic (exact) mass is 344 g/mol. The van der Waals surface area contributed by atoms with E-state index in [1.54, 1.807) is 6.92 Å². The molecule has 0 radical (unpaired) electrons. The molecular formula is C16H22Cl2N2O2. The molecule has 1 aliphatic rings. The molecule has 6 heteroatoms. The Morgan fingerprint density at radius 3 is 2.68 bits per heavy atom. The average molecular weight is 345 g/mol. The molecule has 2 N–H and O–H groups in total. The largest absolute Gasteiger partial charge is 0.396 e. The highest BCUT2D eigenvalue weighted by Gasteiger charge is 2.26. The topological polar surface area (TPSA) is 62.2 Å². The van der Waals surface area contributed by atoms with Crippen molar-refractivity contribution in [2.75, 3.05) is 6.61 Å². The van der Waals surface area contributed by atoms with E-state index < -0.39 is 0 Å². The van der Waals surface area contributed by atoms with Crippen LogP contribution in [0.25, 0.3) is 0 Å². The van der Waals surface area contributed by atoms with E-state index in [-0.39, 0.29) is 29.1 Å². The number of nitrogens with zero attached hydrogens (tertiary/aromatic N) is 1. The van der Waals surface area contributed by atoms with Crippen molar-refractivity contribution < 1.29 is 9.90 Å². The van der Waals surface area contributed by atoms with Gasteiger partial charge in [0.15, 0.2) is 0 Å². The number of carbonyl (C=O) groups is 1. The first kappa shape index (κ1) is 17.5. The van der Waals surface area contributed by atoms with Gasteiger partial charge in [-0.15, -0.1) is 0 Å². The second kappa shape index (κ2) is 8.14. The maximum atomic E-state index is 12.5. The first-order valence-corrected chi connectivity index (χ1v) is 8.52. The van der Waals surface area contributed by atoms with Gasteiger partial charge in [-0.1, -0.05) is 42.5 Å². The van der Waals surface area contributed by atoms with Gasteiger partial charge in [-0.05, 0) is 32.1 Å². The molecule has 22 heavy (non-hydrogen) atoms. The van der Waals surface area contributed by atoms with Crippen LogP contribution in [0.5, 0.6) is 0 Å².